The lowest BCUT2D eigenvalue weighted by Gasteiger charge is -1.95. The van der Waals surface area contributed by atoms with E-state index in [9.17, 15) is 4.79 Å². The maximum atomic E-state index is 10.9. The van der Waals surface area contributed by atoms with Crippen LogP contribution < -0.4 is 11.3 Å². The molecule has 0 radical (unpaired) electrons. The molecular weight excluding hydrogens is 164 g/mol. The van der Waals surface area contributed by atoms with Gasteiger partial charge in [0.2, 0.25) is 0 Å². The molecule has 3 N–H and O–H groups in total. The topological polar surface area (TPSA) is 68.3 Å². The lowest BCUT2D eigenvalue weighted by Crippen LogP contribution is -2.30. The Balaban J connectivity index is 2.92. The number of hydrogen-bond donors (Lipinski definition) is 3. The summed E-state index contributed by atoms with van der Waals surface area (Å²) in [5.41, 5.74) is 2.71. The molecule has 0 fully saturated rings. The van der Waals surface area contributed by atoms with Crippen molar-refractivity contribution in [2.24, 2.45) is 5.84 Å². The zero-order chi connectivity index (χ0) is 8.27. The maximum Gasteiger partial charge on any atom is 0.301 e. The van der Waals surface area contributed by atoms with Crippen LogP contribution in [0.5, 0.6) is 0 Å². The van der Waals surface area contributed by atoms with Gasteiger partial charge in [-0.1, -0.05) is 0 Å². The Morgan fingerprint density at radius 2 is 2.55 bits per heavy atom. The normalized spacial score (nSPS) is 9.64. The Morgan fingerprint density at radius 1 is 1.82 bits per heavy atom. The van der Waals surface area contributed by atoms with Crippen molar-refractivity contribution in [1.82, 2.24) is 5.43 Å². The third-order valence-electron chi connectivity index (χ3n) is 1.25. The number of thiol groups is 1. The minimum atomic E-state index is -0.431. The molecule has 0 unspecified atom stereocenters. The molecular formula is C6H8N2O2S. The second-order valence-electron chi connectivity index (χ2n) is 1.91. The van der Waals surface area contributed by atoms with Crippen molar-refractivity contribution in [3.8, 4) is 0 Å². The van der Waals surface area contributed by atoms with Gasteiger partial charge in [-0.05, 0) is 6.07 Å². The lowest BCUT2D eigenvalue weighted by molar-refractivity contribution is 0.0925. The van der Waals surface area contributed by atoms with Crippen molar-refractivity contribution < 1.29 is 9.21 Å². The van der Waals surface area contributed by atoms with Gasteiger partial charge in [0.25, 0.3) is 0 Å². The zero-order valence-corrected chi connectivity index (χ0v) is 6.60. The summed E-state index contributed by atoms with van der Waals surface area (Å²) in [5.74, 6) is 5.15. The predicted octanol–water partition coefficient (Wildman–Crippen LogP) is 0.313. The SMILES string of the molecule is NNC(=O)c1occc1CS. The average molecular weight is 172 g/mol. The van der Waals surface area contributed by atoms with Crippen LogP contribution in [0.15, 0.2) is 16.7 Å². The van der Waals surface area contributed by atoms with E-state index in [4.69, 9.17) is 10.3 Å². The van der Waals surface area contributed by atoms with Crippen LogP contribution in [0.1, 0.15) is 16.1 Å². The fourth-order valence-electron chi connectivity index (χ4n) is 0.725. The van der Waals surface area contributed by atoms with E-state index in [2.05, 4.69) is 12.6 Å². The van der Waals surface area contributed by atoms with E-state index in [1.807, 2.05) is 5.43 Å². The third kappa shape index (κ3) is 1.55. The van der Waals surface area contributed by atoms with Crippen molar-refractivity contribution in [3.63, 3.8) is 0 Å². The van der Waals surface area contributed by atoms with E-state index in [1.54, 1.807) is 6.07 Å². The number of nitrogens with two attached hydrogens (primary N) is 1. The molecule has 0 aliphatic carbocycles. The Morgan fingerprint density at radius 3 is 3.09 bits per heavy atom. The number of carbonyl (C=O) groups excluding carboxylic acids is 1. The van der Waals surface area contributed by atoms with Gasteiger partial charge in [0, 0.05) is 11.3 Å². The Kier molecular flexibility index (Phi) is 2.56. The van der Waals surface area contributed by atoms with E-state index >= 15 is 0 Å². The van der Waals surface area contributed by atoms with Gasteiger partial charge in [0.05, 0.1) is 6.26 Å². The molecule has 11 heavy (non-hydrogen) atoms. The van der Waals surface area contributed by atoms with Crippen molar-refractivity contribution in [3.05, 3.63) is 23.7 Å². The number of carbonyl (C=O) groups is 1. The zero-order valence-electron chi connectivity index (χ0n) is 5.70. The quantitative estimate of drug-likeness (QED) is 0.260. The van der Waals surface area contributed by atoms with E-state index < -0.39 is 5.91 Å². The van der Waals surface area contributed by atoms with Crippen LogP contribution in [0.25, 0.3) is 0 Å². The molecule has 0 aliphatic rings. The number of hydrogen-bond acceptors (Lipinski definition) is 4. The van der Waals surface area contributed by atoms with Crippen molar-refractivity contribution in [1.29, 1.82) is 0 Å². The van der Waals surface area contributed by atoms with Crippen LogP contribution in [-0.2, 0) is 5.75 Å². The molecule has 1 heterocycles. The first kappa shape index (κ1) is 8.16. The summed E-state index contributed by atoms with van der Waals surface area (Å²) < 4.78 is 4.87. The molecule has 1 aromatic heterocycles. The second kappa shape index (κ2) is 3.45. The van der Waals surface area contributed by atoms with Crippen LogP contribution in [0.4, 0.5) is 0 Å². The molecule has 0 saturated carbocycles. The van der Waals surface area contributed by atoms with Crippen LogP contribution >= 0.6 is 12.6 Å². The first-order valence-electron chi connectivity index (χ1n) is 2.97. The number of hydrazine groups is 1. The van der Waals surface area contributed by atoms with E-state index in [-0.39, 0.29) is 5.76 Å². The highest BCUT2D eigenvalue weighted by molar-refractivity contribution is 7.79. The minimum absolute atomic E-state index is 0.225. The largest absolute Gasteiger partial charge is 0.459 e. The monoisotopic (exact) mass is 172 g/mol. The highest BCUT2D eigenvalue weighted by Crippen LogP contribution is 2.11. The first-order valence-corrected chi connectivity index (χ1v) is 3.61. The number of furan rings is 1. The molecule has 0 bridgehead atoms. The molecule has 4 nitrogen and oxygen atoms in total. The van der Waals surface area contributed by atoms with Crippen LogP contribution in [0.2, 0.25) is 0 Å². The van der Waals surface area contributed by atoms with Crippen LogP contribution in [-0.4, -0.2) is 5.91 Å². The Bertz CT molecular complexity index is 259. The van der Waals surface area contributed by atoms with Gasteiger partial charge >= 0.3 is 5.91 Å². The van der Waals surface area contributed by atoms with Gasteiger partial charge in [-0.15, -0.1) is 0 Å². The summed E-state index contributed by atoms with van der Waals surface area (Å²) in [7, 11) is 0. The molecule has 5 heteroatoms. The molecule has 1 rings (SSSR count). The summed E-state index contributed by atoms with van der Waals surface area (Å²) in [6.07, 6.45) is 1.43. The number of nitrogens with one attached hydrogen (secondary N) is 1. The van der Waals surface area contributed by atoms with Crippen molar-refractivity contribution in [2.45, 2.75) is 5.75 Å². The molecule has 60 valence electrons. The molecule has 0 aromatic carbocycles. The van der Waals surface area contributed by atoms with Gasteiger partial charge in [-0.3, -0.25) is 10.2 Å². The number of nitrogen functional groups attached to an aromatic ring is 1. The minimum Gasteiger partial charge on any atom is -0.459 e. The summed E-state index contributed by atoms with van der Waals surface area (Å²) in [6.45, 7) is 0. The fourth-order valence-corrected chi connectivity index (χ4v) is 0.974. The average Bonchev–Trinajstić information content (AvgIpc) is 2.50. The molecule has 0 spiro atoms. The predicted molar refractivity (Wildman–Crippen MR) is 43.1 cm³/mol. The van der Waals surface area contributed by atoms with Gasteiger partial charge in [-0.25, -0.2) is 5.84 Å². The molecule has 0 saturated heterocycles. The third-order valence-corrected chi connectivity index (χ3v) is 1.60. The Labute approximate surface area is 69.1 Å². The molecule has 1 amide bonds. The highest BCUT2D eigenvalue weighted by atomic mass is 32.1. The summed E-state index contributed by atoms with van der Waals surface area (Å²) >= 11 is 4.00. The van der Waals surface area contributed by atoms with E-state index in [1.165, 1.54) is 6.26 Å². The lowest BCUT2D eigenvalue weighted by atomic mass is 10.3. The highest BCUT2D eigenvalue weighted by Gasteiger charge is 2.11. The van der Waals surface area contributed by atoms with Gasteiger partial charge in [0.1, 0.15) is 0 Å². The molecule has 1 aromatic rings. The fraction of sp³-hybridized carbons (Fsp3) is 0.167. The second-order valence-corrected chi connectivity index (χ2v) is 2.22. The number of rotatable bonds is 2. The van der Waals surface area contributed by atoms with Gasteiger partial charge in [-0.2, -0.15) is 12.6 Å². The Hall–Kier alpha value is -0.940. The van der Waals surface area contributed by atoms with E-state index in [0.29, 0.717) is 5.75 Å². The molecule has 0 aliphatic heterocycles. The van der Waals surface area contributed by atoms with Crippen molar-refractivity contribution >= 4 is 18.5 Å². The molecule has 0 atom stereocenters. The summed E-state index contributed by atoms with van der Waals surface area (Å²) in [5, 5.41) is 0. The van der Waals surface area contributed by atoms with Crippen LogP contribution in [0, 0.1) is 0 Å². The summed E-state index contributed by atoms with van der Waals surface area (Å²) in [6, 6.07) is 1.68. The van der Waals surface area contributed by atoms with Gasteiger partial charge < -0.3 is 4.42 Å². The van der Waals surface area contributed by atoms with Crippen molar-refractivity contribution in [2.75, 3.05) is 0 Å². The number of amides is 1. The standard InChI is InChI=1S/C6H8N2O2S/c7-8-6(9)5-4(3-11)1-2-10-5/h1-2,11H,3,7H2,(H,8,9). The smallest absolute Gasteiger partial charge is 0.301 e. The van der Waals surface area contributed by atoms with E-state index in [0.717, 1.165) is 5.56 Å². The first-order chi connectivity index (χ1) is 5.29. The summed E-state index contributed by atoms with van der Waals surface area (Å²) in [4.78, 5) is 10.9. The van der Waals surface area contributed by atoms with Gasteiger partial charge in [0.15, 0.2) is 5.76 Å². The van der Waals surface area contributed by atoms with Crippen LogP contribution in [0.3, 0.4) is 0 Å². The maximum absolute atomic E-state index is 10.9.